The molecule has 9 nitrogen and oxygen atoms in total. The number of aromatic carboxylic acids is 1. The van der Waals surface area contributed by atoms with Gasteiger partial charge in [0, 0.05) is 6.04 Å². The van der Waals surface area contributed by atoms with Crippen LogP contribution in [0, 0.1) is 0 Å². The van der Waals surface area contributed by atoms with Gasteiger partial charge in [0.2, 0.25) is 5.82 Å². The van der Waals surface area contributed by atoms with Gasteiger partial charge in [0.25, 0.3) is 11.5 Å². The third-order valence-corrected chi connectivity index (χ3v) is 3.98. The van der Waals surface area contributed by atoms with Gasteiger partial charge in [-0.25, -0.2) is 9.78 Å². The summed E-state index contributed by atoms with van der Waals surface area (Å²) in [5, 5.41) is 11.8. The van der Waals surface area contributed by atoms with Crippen molar-refractivity contribution >= 4 is 40.9 Å². The summed E-state index contributed by atoms with van der Waals surface area (Å²) in [5.41, 5.74) is 7.36. The van der Waals surface area contributed by atoms with E-state index in [4.69, 9.17) is 15.6 Å². The third-order valence-electron chi connectivity index (χ3n) is 3.98. The van der Waals surface area contributed by atoms with Crippen LogP contribution in [-0.4, -0.2) is 33.6 Å². The number of aromatic nitrogens is 2. The number of hydrogen-bond acceptors (Lipinski definition) is 6. The fourth-order valence-corrected chi connectivity index (χ4v) is 2.57. The molecule has 0 saturated heterocycles. The lowest BCUT2D eigenvalue weighted by Gasteiger charge is -2.19. The summed E-state index contributed by atoms with van der Waals surface area (Å²) in [5.74, 6) is -1.00. The first-order valence-electron chi connectivity index (χ1n) is 8.39. The number of rotatable bonds is 2. The fraction of sp³-hybridized carbons (Fsp3) is 0.158. The fourth-order valence-electron chi connectivity index (χ4n) is 2.57. The molecule has 29 heavy (non-hydrogen) atoms. The summed E-state index contributed by atoms with van der Waals surface area (Å²) >= 11 is 0. The second kappa shape index (κ2) is 9.18. The summed E-state index contributed by atoms with van der Waals surface area (Å²) in [7, 11) is 0. The zero-order valence-corrected chi connectivity index (χ0v) is 16.2. The number of H-pyrrole nitrogens is 1. The molecule has 4 rings (SSSR count). The molecule has 152 valence electrons. The number of para-hydroxylation sites is 1. The molecule has 10 heteroatoms. The Balaban J connectivity index is 0.000000200. The zero-order valence-electron chi connectivity index (χ0n) is 15.3. The topological polar surface area (TPSA) is 147 Å². The van der Waals surface area contributed by atoms with E-state index in [1.165, 1.54) is 0 Å². The molecule has 1 unspecified atom stereocenters. The van der Waals surface area contributed by atoms with Crippen LogP contribution in [-0.2, 0) is 4.79 Å². The highest BCUT2D eigenvalue weighted by Crippen LogP contribution is 2.29. The maximum Gasteiger partial charge on any atom is 0.372 e. The number of nitrogens with two attached hydrogens (primary N) is 1. The average molecular weight is 419 g/mol. The maximum absolute atomic E-state index is 11.3. The van der Waals surface area contributed by atoms with Crippen molar-refractivity contribution in [2.75, 3.05) is 11.9 Å². The second-order valence-corrected chi connectivity index (χ2v) is 6.12. The maximum atomic E-state index is 11.3. The van der Waals surface area contributed by atoms with E-state index in [-0.39, 0.29) is 36.8 Å². The molecule has 3 aromatic rings. The number of carbonyl (C=O) groups is 2. The van der Waals surface area contributed by atoms with E-state index in [0.717, 1.165) is 5.56 Å². The Morgan fingerprint density at radius 3 is 2.66 bits per heavy atom. The van der Waals surface area contributed by atoms with E-state index < -0.39 is 11.5 Å². The second-order valence-electron chi connectivity index (χ2n) is 6.12. The van der Waals surface area contributed by atoms with Gasteiger partial charge < -0.3 is 25.9 Å². The minimum atomic E-state index is -1.24. The minimum absolute atomic E-state index is 0. The number of carbonyl (C=O) groups excluding carboxylic acids is 1. The molecule has 0 spiro atoms. The number of hydrogen-bond donors (Lipinski definition) is 4. The summed E-state index contributed by atoms with van der Waals surface area (Å²) in [6.07, 6.45) is 0. The molecule has 1 atom stereocenters. The van der Waals surface area contributed by atoms with Crippen LogP contribution in [0.4, 0.5) is 5.69 Å². The van der Waals surface area contributed by atoms with Crippen molar-refractivity contribution in [3.63, 3.8) is 0 Å². The first kappa shape index (κ1) is 21.9. The first-order chi connectivity index (χ1) is 13.3. The van der Waals surface area contributed by atoms with Crippen LogP contribution in [0.1, 0.15) is 29.1 Å². The van der Waals surface area contributed by atoms with Gasteiger partial charge in [-0.3, -0.25) is 9.59 Å². The van der Waals surface area contributed by atoms with Crippen molar-refractivity contribution in [2.45, 2.75) is 13.0 Å². The Hall–Kier alpha value is -3.43. The van der Waals surface area contributed by atoms with Crippen LogP contribution in [0.15, 0.2) is 47.3 Å². The molecule has 0 saturated carbocycles. The van der Waals surface area contributed by atoms with E-state index in [0.29, 0.717) is 22.3 Å². The first-order valence-corrected chi connectivity index (χ1v) is 8.39. The largest absolute Gasteiger partial charge is 0.482 e. The highest BCUT2D eigenvalue weighted by atomic mass is 35.5. The van der Waals surface area contributed by atoms with Crippen LogP contribution in [0.25, 0.3) is 10.9 Å². The number of halogens is 1. The van der Waals surface area contributed by atoms with E-state index in [1.807, 2.05) is 25.1 Å². The Kier molecular flexibility index (Phi) is 6.92. The van der Waals surface area contributed by atoms with Crippen LogP contribution in [0.2, 0.25) is 0 Å². The Labute approximate surface area is 171 Å². The van der Waals surface area contributed by atoms with Crippen LogP contribution >= 0.6 is 12.4 Å². The molecule has 1 aliphatic rings. The van der Waals surface area contributed by atoms with E-state index >= 15 is 0 Å². The number of fused-ring (bicyclic) bond motifs is 2. The van der Waals surface area contributed by atoms with Gasteiger partial charge in [-0.1, -0.05) is 18.2 Å². The van der Waals surface area contributed by atoms with Gasteiger partial charge in [0.15, 0.2) is 6.61 Å². The summed E-state index contributed by atoms with van der Waals surface area (Å²) in [6, 6.07) is 12.1. The molecule has 5 N–H and O–H groups in total. The molecule has 1 amide bonds. The summed E-state index contributed by atoms with van der Waals surface area (Å²) in [6.45, 7) is 1.98. The molecule has 0 fully saturated rings. The van der Waals surface area contributed by atoms with Gasteiger partial charge in [0.1, 0.15) is 5.75 Å². The number of anilines is 1. The molecule has 1 aliphatic heterocycles. The van der Waals surface area contributed by atoms with Crippen LogP contribution in [0.5, 0.6) is 5.75 Å². The lowest BCUT2D eigenvalue weighted by Crippen LogP contribution is -2.25. The predicted octanol–water partition coefficient (Wildman–Crippen LogP) is 2.08. The standard InChI is InChI=1S/C10H12N2O2.C9H6N2O3.ClH/c1-6(11)7-2-3-9-8(4-7)12-10(13)5-14-9;12-8-5-3-1-2-4-6(5)10-7(11-8)9(13)14;/h2-4,6H,5,11H2,1H3,(H,12,13);1-4H,(H,13,14)(H,10,11,12);1H. The Morgan fingerprint density at radius 2 is 1.97 bits per heavy atom. The smallest absolute Gasteiger partial charge is 0.372 e. The van der Waals surface area contributed by atoms with Gasteiger partial charge in [-0.05, 0) is 36.8 Å². The molecule has 2 heterocycles. The van der Waals surface area contributed by atoms with Crippen LogP contribution in [0.3, 0.4) is 0 Å². The number of aromatic amines is 1. The normalized spacial score (nSPS) is 13.0. The van der Waals surface area contributed by atoms with Crippen molar-refractivity contribution < 1.29 is 19.4 Å². The minimum Gasteiger partial charge on any atom is -0.482 e. The molecule has 2 aromatic carbocycles. The molecule has 0 aliphatic carbocycles. The molecule has 1 aromatic heterocycles. The number of carboxylic acids is 1. The number of nitrogens with zero attached hydrogens (tertiary/aromatic N) is 1. The van der Waals surface area contributed by atoms with Crippen molar-refractivity contribution in [3.8, 4) is 5.75 Å². The Bertz CT molecular complexity index is 1110. The quantitative estimate of drug-likeness (QED) is 0.498. The van der Waals surface area contributed by atoms with Crippen molar-refractivity contribution in [2.24, 2.45) is 5.73 Å². The predicted molar refractivity (Wildman–Crippen MR) is 110 cm³/mol. The lowest BCUT2D eigenvalue weighted by atomic mass is 10.1. The molecular formula is C19H19ClN4O5. The van der Waals surface area contributed by atoms with Crippen molar-refractivity contribution in [3.05, 3.63) is 64.2 Å². The highest BCUT2D eigenvalue weighted by Gasteiger charge is 2.16. The van der Waals surface area contributed by atoms with E-state index in [1.54, 1.807) is 24.3 Å². The molecule has 0 radical (unpaired) electrons. The molecule has 0 bridgehead atoms. The van der Waals surface area contributed by atoms with Crippen LogP contribution < -0.4 is 21.3 Å². The molecular weight excluding hydrogens is 400 g/mol. The summed E-state index contributed by atoms with van der Waals surface area (Å²) < 4.78 is 5.22. The zero-order chi connectivity index (χ0) is 20.3. The van der Waals surface area contributed by atoms with Gasteiger partial charge in [0.05, 0.1) is 16.6 Å². The van der Waals surface area contributed by atoms with Crippen molar-refractivity contribution in [1.82, 2.24) is 9.97 Å². The Morgan fingerprint density at radius 1 is 1.24 bits per heavy atom. The highest BCUT2D eigenvalue weighted by molar-refractivity contribution is 5.95. The number of benzene rings is 2. The SMILES string of the molecule is CC(N)c1ccc2c(c1)NC(=O)CO2.Cl.O=C(O)c1nc2ccccc2c(=O)[nH]1. The van der Waals surface area contributed by atoms with Gasteiger partial charge >= 0.3 is 5.97 Å². The number of ether oxygens (including phenoxy) is 1. The van der Waals surface area contributed by atoms with E-state index in [2.05, 4.69) is 15.3 Å². The third kappa shape index (κ3) is 5.09. The number of carboxylic acid groups (broad SMARTS) is 1. The van der Waals surface area contributed by atoms with Gasteiger partial charge in [-0.15, -0.1) is 12.4 Å². The number of amides is 1. The lowest BCUT2D eigenvalue weighted by molar-refractivity contribution is -0.118. The average Bonchev–Trinajstić information content (AvgIpc) is 2.67. The summed E-state index contributed by atoms with van der Waals surface area (Å²) in [4.78, 5) is 38.9. The van der Waals surface area contributed by atoms with E-state index in [9.17, 15) is 14.4 Å². The van der Waals surface area contributed by atoms with Crippen molar-refractivity contribution in [1.29, 1.82) is 0 Å². The number of nitrogens with one attached hydrogen (secondary N) is 2. The van der Waals surface area contributed by atoms with Gasteiger partial charge in [-0.2, -0.15) is 0 Å². The monoisotopic (exact) mass is 418 g/mol.